The van der Waals surface area contributed by atoms with E-state index in [0.29, 0.717) is 12.8 Å². The van der Waals surface area contributed by atoms with Crippen molar-refractivity contribution in [3.8, 4) is 0 Å². The van der Waals surface area contributed by atoms with Gasteiger partial charge in [0.1, 0.15) is 0 Å². The molecule has 2 nitrogen and oxygen atoms in total. The lowest BCUT2D eigenvalue weighted by Crippen LogP contribution is -2.42. The Morgan fingerprint density at radius 2 is 2.00 bits per heavy atom. The molecule has 0 aromatic carbocycles. The number of hydrogen-bond donors (Lipinski definition) is 1. The minimum Gasteiger partial charge on any atom is -0.317 e. The van der Waals surface area contributed by atoms with E-state index in [2.05, 4.69) is 12.2 Å². The van der Waals surface area contributed by atoms with Crippen molar-refractivity contribution < 1.29 is 13.2 Å². The van der Waals surface area contributed by atoms with Gasteiger partial charge in [0.05, 0.1) is 5.92 Å². The van der Waals surface area contributed by atoms with Gasteiger partial charge in [0.15, 0.2) is 0 Å². The molecule has 1 fully saturated rings. The van der Waals surface area contributed by atoms with Crippen LogP contribution in [0, 0.1) is 5.92 Å². The van der Waals surface area contributed by atoms with E-state index in [0.717, 1.165) is 45.4 Å². The summed E-state index contributed by atoms with van der Waals surface area (Å²) in [6.07, 6.45) is 0.201. The highest BCUT2D eigenvalue weighted by atomic mass is 19.4. The molecule has 1 unspecified atom stereocenters. The minimum atomic E-state index is -4.01. The van der Waals surface area contributed by atoms with Crippen molar-refractivity contribution in [2.24, 2.45) is 5.92 Å². The van der Waals surface area contributed by atoms with Crippen LogP contribution in [0.4, 0.5) is 13.2 Å². The normalized spacial score (nSPS) is 22.3. The van der Waals surface area contributed by atoms with E-state index in [9.17, 15) is 13.2 Å². The summed E-state index contributed by atoms with van der Waals surface area (Å²) in [5, 5.41) is 3.25. The van der Waals surface area contributed by atoms with Gasteiger partial charge in [-0.3, -0.25) is 0 Å². The lowest BCUT2D eigenvalue weighted by atomic mass is 9.97. The molecule has 1 heterocycles. The topological polar surface area (TPSA) is 15.3 Å². The van der Waals surface area contributed by atoms with E-state index in [-0.39, 0.29) is 6.54 Å². The Bertz CT molecular complexity index is 219. The van der Waals surface area contributed by atoms with Gasteiger partial charge >= 0.3 is 6.18 Å². The van der Waals surface area contributed by atoms with Gasteiger partial charge in [-0.1, -0.05) is 13.3 Å². The summed E-state index contributed by atoms with van der Waals surface area (Å²) >= 11 is 0. The summed E-state index contributed by atoms with van der Waals surface area (Å²) in [6, 6.07) is 0. The first kappa shape index (κ1) is 15.8. The Balaban J connectivity index is 2.11. The van der Waals surface area contributed by atoms with Gasteiger partial charge in [0, 0.05) is 6.54 Å². The van der Waals surface area contributed by atoms with E-state index in [1.54, 1.807) is 0 Å². The van der Waals surface area contributed by atoms with Crippen LogP contribution < -0.4 is 5.32 Å². The number of nitrogens with zero attached hydrogens (tertiary/aromatic N) is 1. The molecule has 1 aliphatic rings. The molecule has 108 valence electrons. The second-order valence-corrected chi connectivity index (χ2v) is 5.10. The first-order valence-electron chi connectivity index (χ1n) is 7.04. The number of halogens is 3. The van der Waals surface area contributed by atoms with Crippen LogP contribution >= 0.6 is 0 Å². The molecule has 0 aromatic heterocycles. The minimum absolute atomic E-state index is 0.205. The van der Waals surface area contributed by atoms with Crippen molar-refractivity contribution in [1.29, 1.82) is 0 Å². The van der Waals surface area contributed by atoms with Crippen LogP contribution in [0.15, 0.2) is 0 Å². The predicted octanol–water partition coefficient (Wildman–Crippen LogP) is 3.04. The number of hydrogen-bond acceptors (Lipinski definition) is 2. The molecule has 1 atom stereocenters. The van der Waals surface area contributed by atoms with E-state index < -0.39 is 12.1 Å². The van der Waals surface area contributed by atoms with Crippen LogP contribution in [0.25, 0.3) is 0 Å². The summed E-state index contributed by atoms with van der Waals surface area (Å²) in [5.41, 5.74) is 0. The third kappa shape index (κ3) is 6.05. The van der Waals surface area contributed by atoms with Gasteiger partial charge in [-0.2, -0.15) is 13.2 Å². The Morgan fingerprint density at radius 1 is 1.22 bits per heavy atom. The lowest BCUT2D eigenvalue weighted by Gasteiger charge is -2.33. The van der Waals surface area contributed by atoms with Crippen LogP contribution in [0.3, 0.4) is 0 Å². The average molecular weight is 266 g/mol. The van der Waals surface area contributed by atoms with E-state index >= 15 is 0 Å². The summed E-state index contributed by atoms with van der Waals surface area (Å²) in [7, 11) is 0. The highest BCUT2D eigenvalue weighted by molar-refractivity contribution is 4.77. The van der Waals surface area contributed by atoms with Crippen molar-refractivity contribution in [3.05, 3.63) is 0 Å². The van der Waals surface area contributed by atoms with Crippen molar-refractivity contribution in [2.75, 3.05) is 32.7 Å². The highest BCUT2D eigenvalue weighted by Crippen LogP contribution is 2.33. The van der Waals surface area contributed by atoms with Crippen molar-refractivity contribution >= 4 is 0 Å². The van der Waals surface area contributed by atoms with Crippen LogP contribution in [0.2, 0.25) is 0 Å². The van der Waals surface area contributed by atoms with Crippen molar-refractivity contribution in [1.82, 2.24) is 10.2 Å². The fourth-order valence-electron chi connectivity index (χ4n) is 2.46. The number of unbranched alkanes of at least 4 members (excludes halogenated alkanes) is 2. The number of piperidine rings is 1. The third-order valence-corrected chi connectivity index (χ3v) is 3.55. The molecule has 1 saturated heterocycles. The molecule has 1 N–H and O–H groups in total. The van der Waals surface area contributed by atoms with Crippen molar-refractivity contribution in [3.63, 3.8) is 0 Å². The Morgan fingerprint density at radius 3 is 2.67 bits per heavy atom. The first-order valence-corrected chi connectivity index (χ1v) is 7.04. The zero-order valence-electron chi connectivity index (χ0n) is 11.2. The maximum absolute atomic E-state index is 12.6. The van der Waals surface area contributed by atoms with Crippen LogP contribution in [-0.2, 0) is 0 Å². The molecular formula is C13H25F3N2. The number of alkyl halides is 3. The van der Waals surface area contributed by atoms with Gasteiger partial charge in [-0.25, -0.2) is 0 Å². The molecule has 0 saturated carbocycles. The Labute approximate surface area is 108 Å². The maximum Gasteiger partial charge on any atom is 0.393 e. The van der Waals surface area contributed by atoms with Gasteiger partial charge < -0.3 is 10.2 Å². The molecule has 0 aliphatic carbocycles. The summed E-state index contributed by atoms with van der Waals surface area (Å²) in [4.78, 5) is 1.98. The van der Waals surface area contributed by atoms with E-state index in [1.807, 2.05) is 4.90 Å². The second-order valence-electron chi connectivity index (χ2n) is 5.10. The maximum atomic E-state index is 12.6. The van der Waals surface area contributed by atoms with Gasteiger partial charge in [-0.05, 0) is 51.9 Å². The zero-order valence-corrected chi connectivity index (χ0v) is 11.2. The molecule has 1 aliphatic heterocycles. The molecular weight excluding hydrogens is 241 g/mol. The molecule has 5 heteroatoms. The zero-order chi connectivity index (χ0) is 13.4. The Hall–Kier alpha value is -0.290. The van der Waals surface area contributed by atoms with E-state index in [1.165, 1.54) is 0 Å². The van der Waals surface area contributed by atoms with Crippen LogP contribution in [-0.4, -0.2) is 43.8 Å². The van der Waals surface area contributed by atoms with Gasteiger partial charge in [0.25, 0.3) is 0 Å². The molecule has 18 heavy (non-hydrogen) atoms. The standard InChI is InChI=1S/C13H25F3N2/c1-2-17-8-4-3-5-9-18-10-6-7-12(11-18)13(14,15)16/h12,17H,2-11H2,1H3. The van der Waals surface area contributed by atoms with Crippen molar-refractivity contribution in [2.45, 2.75) is 45.2 Å². The molecule has 0 spiro atoms. The molecule has 0 aromatic rings. The van der Waals surface area contributed by atoms with Crippen LogP contribution in [0.5, 0.6) is 0 Å². The molecule has 0 amide bonds. The number of rotatable bonds is 7. The lowest BCUT2D eigenvalue weighted by molar-refractivity contribution is -0.186. The smallest absolute Gasteiger partial charge is 0.317 e. The first-order chi connectivity index (χ1) is 8.54. The van der Waals surface area contributed by atoms with Gasteiger partial charge in [0.2, 0.25) is 0 Å². The fourth-order valence-corrected chi connectivity index (χ4v) is 2.46. The number of likely N-dealkylation sites (tertiary alicyclic amines) is 1. The monoisotopic (exact) mass is 266 g/mol. The van der Waals surface area contributed by atoms with E-state index in [4.69, 9.17) is 0 Å². The largest absolute Gasteiger partial charge is 0.393 e. The van der Waals surface area contributed by atoms with Gasteiger partial charge in [-0.15, -0.1) is 0 Å². The second kappa shape index (κ2) is 8.00. The molecule has 0 bridgehead atoms. The summed E-state index contributed by atoms with van der Waals surface area (Å²) in [5.74, 6) is -1.10. The Kier molecular flexibility index (Phi) is 7.00. The summed E-state index contributed by atoms with van der Waals surface area (Å²) in [6.45, 7) is 5.93. The SMILES string of the molecule is CCNCCCCCN1CCCC(C(F)(F)F)C1. The fraction of sp³-hybridized carbons (Fsp3) is 1.00. The molecule has 0 radical (unpaired) electrons. The summed E-state index contributed by atoms with van der Waals surface area (Å²) < 4.78 is 37.8. The van der Waals surface area contributed by atoms with Crippen LogP contribution in [0.1, 0.15) is 39.0 Å². The quantitative estimate of drug-likeness (QED) is 0.713. The number of nitrogens with one attached hydrogen (secondary N) is 1. The molecule has 1 rings (SSSR count). The predicted molar refractivity (Wildman–Crippen MR) is 67.6 cm³/mol. The third-order valence-electron chi connectivity index (χ3n) is 3.55. The highest BCUT2D eigenvalue weighted by Gasteiger charge is 2.41. The average Bonchev–Trinajstić information content (AvgIpc) is 2.33.